The summed E-state index contributed by atoms with van der Waals surface area (Å²) in [6.45, 7) is 3.11. The van der Waals surface area contributed by atoms with Crippen LogP contribution in [0.15, 0.2) is 5.38 Å². The van der Waals surface area contributed by atoms with Gasteiger partial charge in [-0.05, 0) is 6.42 Å². The lowest BCUT2D eigenvalue weighted by Gasteiger charge is -2.04. The molecule has 0 radical (unpaired) electrons. The van der Waals surface area contributed by atoms with E-state index in [1.165, 1.54) is 56.3 Å². The summed E-state index contributed by atoms with van der Waals surface area (Å²) in [5.41, 5.74) is 5.93. The van der Waals surface area contributed by atoms with Gasteiger partial charge in [-0.15, -0.1) is 11.3 Å². The van der Waals surface area contributed by atoms with Gasteiger partial charge in [-0.25, -0.2) is 4.98 Å². The maximum absolute atomic E-state index is 10.8. The van der Waals surface area contributed by atoms with Crippen molar-refractivity contribution in [2.45, 2.75) is 64.3 Å². The minimum absolute atomic E-state index is 0.422. The van der Waals surface area contributed by atoms with Crippen LogP contribution in [0.4, 0.5) is 5.13 Å². The number of anilines is 1. The highest BCUT2D eigenvalue weighted by Gasteiger charge is 2.17. The number of nitrogens with one attached hydrogen (secondary N) is 1. The third-order valence-corrected chi connectivity index (χ3v) is 4.23. The van der Waals surface area contributed by atoms with Gasteiger partial charge >= 0.3 is 5.97 Å². The lowest BCUT2D eigenvalue weighted by molar-refractivity contribution is -0.138. The Morgan fingerprint density at radius 1 is 1.29 bits per heavy atom. The van der Waals surface area contributed by atoms with Crippen LogP contribution in [-0.4, -0.2) is 22.6 Å². The van der Waals surface area contributed by atoms with Crippen LogP contribution >= 0.6 is 11.3 Å². The van der Waals surface area contributed by atoms with Crippen LogP contribution in [0.3, 0.4) is 0 Å². The van der Waals surface area contributed by atoms with E-state index in [2.05, 4.69) is 17.2 Å². The van der Waals surface area contributed by atoms with Gasteiger partial charge in [0.1, 0.15) is 6.04 Å². The van der Waals surface area contributed by atoms with Gasteiger partial charge in [0.05, 0.1) is 5.69 Å². The summed E-state index contributed by atoms with van der Waals surface area (Å²) in [6, 6.07) is -1.03. The predicted molar refractivity (Wildman–Crippen MR) is 87.8 cm³/mol. The second kappa shape index (κ2) is 10.6. The first-order valence-electron chi connectivity index (χ1n) is 7.82. The zero-order chi connectivity index (χ0) is 15.5. The summed E-state index contributed by atoms with van der Waals surface area (Å²) in [4.78, 5) is 15.0. The minimum atomic E-state index is -1.05. The van der Waals surface area contributed by atoms with Crippen LogP contribution in [0.2, 0.25) is 0 Å². The Kier molecular flexibility index (Phi) is 9.01. The number of hydrogen-bond donors (Lipinski definition) is 3. The van der Waals surface area contributed by atoms with Crippen molar-refractivity contribution in [1.29, 1.82) is 0 Å². The number of aliphatic carboxylic acids is 1. The van der Waals surface area contributed by atoms with Gasteiger partial charge in [0.25, 0.3) is 0 Å². The Morgan fingerprint density at radius 3 is 2.52 bits per heavy atom. The van der Waals surface area contributed by atoms with Crippen LogP contribution in [0, 0.1) is 0 Å². The van der Waals surface area contributed by atoms with E-state index in [9.17, 15) is 4.79 Å². The summed E-state index contributed by atoms with van der Waals surface area (Å²) in [7, 11) is 0. The molecule has 0 aliphatic carbocycles. The van der Waals surface area contributed by atoms with Gasteiger partial charge in [0.15, 0.2) is 5.13 Å². The molecule has 0 aromatic carbocycles. The molecule has 0 saturated heterocycles. The first kappa shape index (κ1) is 17.9. The third kappa shape index (κ3) is 7.43. The molecule has 0 amide bonds. The van der Waals surface area contributed by atoms with Crippen LogP contribution in [0.5, 0.6) is 0 Å². The molecule has 1 aromatic heterocycles. The minimum Gasteiger partial charge on any atom is -0.480 e. The Hall–Kier alpha value is -1.14. The number of thiazole rings is 1. The number of carboxylic acids is 1. The molecule has 21 heavy (non-hydrogen) atoms. The number of aromatic nitrogens is 1. The molecule has 5 nitrogen and oxygen atoms in total. The highest BCUT2D eigenvalue weighted by molar-refractivity contribution is 7.13. The number of nitrogens with two attached hydrogens (primary N) is 1. The van der Waals surface area contributed by atoms with E-state index in [0.717, 1.165) is 18.1 Å². The third-order valence-electron chi connectivity index (χ3n) is 3.41. The number of nitrogens with zero attached hydrogens (tertiary/aromatic N) is 1. The Morgan fingerprint density at radius 2 is 1.90 bits per heavy atom. The van der Waals surface area contributed by atoms with E-state index < -0.39 is 12.0 Å². The molecule has 0 aliphatic heterocycles. The predicted octanol–water partition coefficient (Wildman–Crippen LogP) is 3.78. The summed E-state index contributed by atoms with van der Waals surface area (Å²) in [5.74, 6) is -1.05. The fourth-order valence-electron chi connectivity index (χ4n) is 2.09. The van der Waals surface area contributed by atoms with Crippen LogP contribution < -0.4 is 11.1 Å². The van der Waals surface area contributed by atoms with Crippen molar-refractivity contribution in [3.63, 3.8) is 0 Å². The van der Waals surface area contributed by atoms with E-state index in [-0.39, 0.29) is 0 Å². The van der Waals surface area contributed by atoms with Crippen LogP contribution in [-0.2, 0) is 4.79 Å². The molecule has 0 aliphatic rings. The van der Waals surface area contributed by atoms with Gasteiger partial charge in [0.2, 0.25) is 0 Å². The normalized spacial score (nSPS) is 12.3. The van der Waals surface area contributed by atoms with E-state index in [1.807, 2.05) is 0 Å². The average molecular weight is 313 g/mol. The van der Waals surface area contributed by atoms with E-state index >= 15 is 0 Å². The molecule has 0 bridgehead atoms. The number of carboxylic acid groups (broad SMARTS) is 1. The largest absolute Gasteiger partial charge is 0.480 e. The standard InChI is InChI=1S/C15H27N3O2S/c1-2-3-4-5-6-7-8-9-10-17-15-18-12(11-21-15)13(16)14(19)20/h11,13H,2-10,16H2,1H3,(H,17,18)(H,19,20). The fourth-order valence-corrected chi connectivity index (χ4v) is 2.87. The van der Waals surface area contributed by atoms with Gasteiger partial charge in [-0.1, -0.05) is 51.9 Å². The van der Waals surface area contributed by atoms with Crippen molar-refractivity contribution in [3.8, 4) is 0 Å². The van der Waals surface area contributed by atoms with Gasteiger partial charge in [-0.3, -0.25) is 4.79 Å². The van der Waals surface area contributed by atoms with Crippen molar-refractivity contribution < 1.29 is 9.90 Å². The second-order valence-corrected chi connectivity index (χ2v) is 6.15. The highest BCUT2D eigenvalue weighted by atomic mass is 32.1. The first-order valence-corrected chi connectivity index (χ1v) is 8.70. The summed E-state index contributed by atoms with van der Waals surface area (Å²) >= 11 is 1.41. The number of unbranched alkanes of at least 4 members (excludes halogenated alkanes) is 7. The molecular formula is C15H27N3O2S. The molecule has 4 N–H and O–H groups in total. The van der Waals surface area contributed by atoms with Crippen molar-refractivity contribution >= 4 is 22.4 Å². The van der Waals surface area contributed by atoms with Crippen molar-refractivity contribution in [2.75, 3.05) is 11.9 Å². The molecule has 6 heteroatoms. The second-order valence-electron chi connectivity index (χ2n) is 5.30. The van der Waals surface area contributed by atoms with E-state index in [4.69, 9.17) is 10.8 Å². The molecule has 1 unspecified atom stereocenters. The molecule has 0 spiro atoms. The monoisotopic (exact) mass is 313 g/mol. The first-order chi connectivity index (χ1) is 10.1. The smallest absolute Gasteiger partial charge is 0.326 e. The lowest BCUT2D eigenvalue weighted by atomic mass is 10.1. The van der Waals surface area contributed by atoms with Crippen LogP contribution in [0.25, 0.3) is 0 Å². The molecule has 1 aromatic rings. The molecular weight excluding hydrogens is 286 g/mol. The average Bonchev–Trinajstić information content (AvgIpc) is 2.93. The topological polar surface area (TPSA) is 88.2 Å². The SMILES string of the molecule is CCCCCCCCCCNc1nc(C(N)C(=O)O)cs1. The lowest BCUT2D eigenvalue weighted by Crippen LogP contribution is -2.20. The molecule has 1 heterocycles. The zero-order valence-electron chi connectivity index (χ0n) is 12.8. The van der Waals surface area contributed by atoms with Crippen molar-refractivity contribution in [3.05, 3.63) is 11.1 Å². The summed E-state index contributed by atoms with van der Waals surface area (Å²) in [5, 5.41) is 14.5. The molecule has 1 atom stereocenters. The number of rotatable bonds is 12. The summed E-state index contributed by atoms with van der Waals surface area (Å²) in [6.07, 6.45) is 10.3. The number of carbonyl (C=O) groups is 1. The van der Waals surface area contributed by atoms with Crippen molar-refractivity contribution in [1.82, 2.24) is 4.98 Å². The molecule has 120 valence electrons. The molecule has 0 fully saturated rings. The Balaban J connectivity index is 2.07. The van der Waals surface area contributed by atoms with Gasteiger partial charge < -0.3 is 16.2 Å². The van der Waals surface area contributed by atoms with E-state index in [1.54, 1.807) is 5.38 Å². The zero-order valence-corrected chi connectivity index (χ0v) is 13.6. The van der Waals surface area contributed by atoms with Crippen LogP contribution in [0.1, 0.15) is 70.0 Å². The highest BCUT2D eigenvalue weighted by Crippen LogP contribution is 2.19. The Labute approximate surface area is 131 Å². The van der Waals surface area contributed by atoms with Gasteiger partial charge in [-0.2, -0.15) is 0 Å². The van der Waals surface area contributed by atoms with Gasteiger partial charge in [0, 0.05) is 11.9 Å². The maximum atomic E-state index is 10.8. The van der Waals surface area contributed by atoms with E-state index in [0.29, 0.717) is 5.69 Å². The number of hydrogen-bond acceptors (Lipinski definition) is 5. The fraction of sp³-hybridized carbons (Fsp3) is 0.733. The molecule has 0 saturated carbocycles. The molecule has 1 rings (SSSR count). The summed E-state index contributed by atoms with van der Waals surface area (Å²) < 4.78 is 0. The quantitative estimate of drug-likeness (QED) is 0.511. The maximum Gasteiger partial charge on any atom is 0.326 e. The van der Waals surface area contributed by atoms with Crippen molar-refractivity contribution in [2.24, 2.45) is 5.73 Å². The Bertz CT molecular complexity index is 409.